The van der Waals surface area contributed by atoms with E-state index in [1.54, 1.807) is 6.07 Å². The van der Waals surface area contributed by atoms with Gasteiger partial charge in [0.15, 0.2) is 0 Å². The number of hydrogen-bond acceptors (Lipinski definition) is 2. The summed E-state index contributed by atoms with van der Waals surface area (Å²) in [6.07, 6.45) is 2.62. The van der Waals surface area contributed by atoms with Crippen LogP contribution in [-0.4, -0.2) is 13.6 Å². The topological polar surface area (TPSA) is 29.3 Å². The second-order valence-electron chi connectivity index (χ2n) is 4.35. The minimum Gasteiger partial charge on any atom is -0.374 e. The minimum atomic E-state index is -0.199. The van der Waals surface area contributed by atoms with Gasteiger partial charge >= 0.3 is 0 Å². The molecule has 0 heterocycles. The predicted octanol–water partition coefficient (Wildman–Crippen LogP) is 2.13. The van der Waals surface area contributed by atoms with Crippen LogP contribution in [0, 0.1) is 11.7 Å². The first-order chi connectivity index (χ1) is 7.19. The van der Waals surface area contributed by atoms with E-state index in [0.29, 0.717) is 6.54 Å². The highest BCUT2D eigenvalue weighted by molar-refractivity contribution is 5.48. The SMILES string of the molecule is CN(CC1CC1)c1cc(F)cc(CN)c1. The molecule has 1 aliphatic carbocycles. The fourth-order valence-corrected chi connectivity index (χ4v) is 1.76. The Morgan fingerprint density at radius 2 is 2.13 bits per heavy atom. The van der Waals surface area contributed by atoms with E-state index in [1.807, 2.05) is 13.1 Å². The van der Waals surface area contributed by atoms with Crippen molar-refractivity contribution in [3.8, 4) is 0 Å². The van der Waals surface area contributed by atoms with Gasteiger partial charge in [-0.15, -0.1) is 0 Å². The van der Waals surface area contributed by atoms with Gasteiger partial charge in [-0.05, 0) is 42.5 Å². The summed E-state index contributed by atoms with van der Waals surface area (Å²) in [4.78, 5) is 2.11. The first-order valence-corrected chi connectivity index (χ1v) is 5.39. The minimum absolute atomic E-state index is 0.199. The van der Waals surface area contributed by atoms with Gasteiger partial charge in [-0.25, -0.2) is 4.39 Å². The zero-order valence-corrected chi connectivity index (χ0v) is 9.04. The zero-order chi connectivity index (χ0) is 10.8. The Kier molecular flexibility index (Phi) is 2.91. The Balaban J connectivity index is 2.13. The van der Waals surface area contributed by atoms with E-state index in [-0.39, 0.29) is 5.82 Å². The van der Waals surface area contributed by atoms with E-state index in [0.717, 1.165) is 23.7 Å². The lowest BCUT2D eigenvalue weighted by Gasteiger charge is -2.19. The summed E-state index contributed by atoms with van der Waals surface area (Å²) in [7, 11) is 2.01. The Labute approximate surface area is 89.9 Å². The van der Waals surface area contributed by atoms with Gasteiger partial charge in [0.1, 0.15) is 5.82 Å². The first kappa shape index (κ1) is 10.4. The summed E-state index contributed by atoms with van der Waals surface area (Å²) in [5.74, 6) is 0.607. The molecule has 0 aromatic heterocycles. The van der Waals surface area contributed by atoms with E-state index in [4.69, 9.17) is 5.73 Å². The highest BCUT2D eigenvalue weighted by atomic mass is 19.1. The standard InChI is InChI=1S/C12H17FN2/c1-15(8-9-2-3-9)12-5-10(7-14)4-11(13)6-12/h4-6,9H,2-3,7-8,14H2,1H3. The lowest BCUT2D eigenvalue weighted by Crippen LogP contribution is -2.20. The third-order valence-corrected chi connectivity index (χ3v) is 2.85. The van der Waals surface area contributed by atoms with Crippen LogP contribution in [0.1, 0.15) is 18.4 Å². The smallest absolute Gasteiger partial charge is 0.125 e. The number of nitrogens with zero attached hydrogens (tertiary/aromatic N) is 1. The summed E-state index contributed by atoms with van der Waals surface area (Å²) in [6, 6.07) is 5.03. The van der Waals surface area contributed by atoms with Gasteiger partial charge in [0, 0.05) is 25.8 Å². The van der Waals surface area contributed by atoms with Crippen molar-refractivity contribution in [1.29, 1.82) is 0 Å². The average molecular weight is 208 g/mol. The molecule has 82 valence electrons. The van der Waals surface area contributed by atoms with Crippen LogP contribution in [0.3, 0.4) is 0 Å². The molecule has 1 fully saturated rings. The van der Waals surface area contributed by atoms with Gasteiger partial charge in [0.2, 0.25) is 0 Å². The predicted molar refractivity (Wildman–Crippen MR) is 60.3 cm³/mol. The number of nitrogens with two attached hydrogens (primary N) is 1. The van der Waals surface area contributed by atoms with Crippen LogP contribution >= 0.6 is 0 Å². The summed E-state index contributed by atoms with van der Waals surface area (Å²) in [6.45, 7) is 1.41. The molecule has 2 nitrogen and oxygen atoms in total. The largest absolute Gasteiger partial charge is 0.374 e. The van der Waals surface area contributed by atoms with Crippen molar-refractivity contribution < 1.29 is 4.39 Å². The zero-order valence-electron chi connectivity index (χ0n) is 9.04. The second-order valence-corrected chi connectivity index (χ2v) is 4.35. The molecule has 1 saturated carbocycles. The highest BCUT2D eigenvalue weighted by Crippen LogP contribution is 2.31. The number of halogens is 1. The first-order valence-electron chi connectivity index (χ1n) is 5.39. The summed E-state index contributed by atoms with van der Waals surface area (Å²) in [5, 5.41) is 0. The Hall–Kier alpha value is -1.09. The second kappa shape index (κ2) is 4.19. The number of benzene rings is 1. The molecule has 0 spiro atoms. The molecule has 0 aliphatic heterocycles. The molecular weight excluding hydrogens is 191 g/mol. The maximum absolute atomic E-state index is 13.2. The Morgan fingerprint density at radius 3 is 2.73 bits per heavy atom. The van der Waals surface area contributed by atoms with Crippen LogP contribution in [0.25, 0.3) is 0 Å². The van der Waals surface area contributed by atoms with Gasteiger partial charge < -0.3 is 10.6 Å². The normalized spacial score (nSPS) is 15.4. The fraction of sp³-hybridized carbons (Fsp3) is 0.500. The Morgan fingerprint density at radius 1 is 1.40 bits per heavy atom. The van der Waals surface area contributed by atoms with E-state index in [9.17, 15) is 4.39 Å². The summed E-state index contributed by atoms with van der Waals surface area (Å²) in [5.41, 5.74) is 7.30. The number of rotatable bonds is 4. The molecule has 0 amide bonds. The molecule has 0 atom stereocenters. The molecule has 1 aromatic rings. The van der Waals surface area contributed by atoms with Crippen LogP contribution in [0.15, 0.2) is 18.2 Å². The van der Waals surface area contributed by atoms with Crippen molar-refractivity contribution in [1.82, 2.24) is 0 Å². The van der Waals surface area contributed by atoms with Gasteiger partial charge in [0.05, 0.1) is 0 Å². The average Bonchev–Trinajstić information content (AvgIpc) is 3.00. The van der Waals surface area contributed by atoms with Gasteiger partial charge in [-0.2, -0.15) is 0 Å². The van der Waals surface area contributed by atoms with E-state index >= 15 is 0 Å². The van der Waals surface area contributed by atoms with Crippen molar-refractivity contribution in [2.24, 2.45) is 11.7 Å². The maximum atomic E-state index is 13.2. The molecule has 2 N–H and O–H groups in total. The van der Waals surface area contributed by atoms with Crippen molar-refractivity contribution >= 4 is 5.69 Å². The van der Waals surface area contributed by atoms with Crippen LogP contribution in [0.2, 0.25) is 0 Å². The molecular formula is C12H17FN2. The van der Waals surface area contributed by atoms with Gasteiger partial charge in [-0.3, -0.25) is 0 Å². The summed E-state index contributed by atoms with van der Waals surface area (Å²) < 4.78 is 13.2. The lowest BCUT2D eigenvalue weighted by atomic mass is 10.2. The Bertz CT molecular complexity index is 347. The highest BCUT2D eigenvalue weighted by Gasteiger charge is 2.23. The van der Waals surface area contributed by atoms with Crippen molar-refractivity contribution in [2.45, 2.75) is 19.4 Å². The molecule has 0 radical (unpaired) electrons. The molecule has 0 unspecified atom stereocenters. The number of hydrogen-bond donors (Lipinski definition) is 1. The third-order valence-electron chi connectivity index (χ3n) is 2.85. The monoisotopic (exact) mass is 208 g/mol. The fourth-order valence-electron chi connectivity index (χ4n) is 1.76. The lowest BCUT2D eigenvalue weighted by molar-refractivity contribution is 0.624. The third kappa shape index (κ3) is 2.69. The quantitative estimate of drug-likeness (QED) is 0.821. The molecule has 15 heavy (non-hydrogen) atoms. The van der Waals surface area contributed by atoms with E-state index < -0.39 is 0 Å². The van der Waals surface area contributed by atoms with Crippen LogP contribution in [0.4, 0.5) is 10.1 Å². The van der Waals surface area contributed by atoms with Crippen LogP contribution in [0.5, 0.6) is 0 Å². The number of anilines is 1. The van der Waals surface area contributed by atoms with Crippen molar-refractivity contribution in [2.75, 3.05) is 18.5 Å². The summed E-state index contributed by atoms with van der Waals surface area (Å²) >= 11 is 0. The maximum Gasteiger partial charge on any atom is 0.125 e. The van der Waals surface area contributed by atoms with Gasteiger partial charge in [-0.1, -0.05) is 0 Å². The van der Waals surface area contributed by atoms with Crippen LogP contribution in [-0.2, 0) is 6.54 Å². The van der Waals surface area contributed by atoms with Crippen LogP contribution < -0.4 is 10.6 Å². The van der Waals surface area contributed by atoms with Crippen molar-refractivity contribution in [3.63, 3.8) is 0 Å². The van der Waals surface area contributed by atoms with Gasteiger partial charge in [0.25, 0.3) is 0 Å². The van der Waals surface area contributed by atoms with E-state index in [2.05, 4.69) is 4.90 Å². The molecule has 1 aromatic carbocycles. The molecule has 0 bridgehead atoms. The molecule has 2 rings (SSSR count). The molecule has 0 saturated heterocycles. The van der Waals surface area contributed by atoms with Crippen molar-refractivity contribution in [3.05, 3.63) is 29.6 Å². The molecule has 3 heteroatoms. The molecule has 1 aliphatic rings. The van der Waals surface area contributed by atoms with E-state index in [1.165, 1.54) is 18.9 Å².